The second-order valence-electron chi connectivity index (χ2n) is 4.72. The average Bonchev–Trinajstić information content (AvgIpc) is 2.82. The number of hydrogen-bond acceptors (Lipinski definition) is 2. The van der Waals surface area contributed by atoms with E-state index >= 15 is 0 Å². The summed E-state index contributed by atoms with van der Waals surface area (Å²) in [6.07, 6.45) is 1.85. The Morgan fingerprint density at radius 2 is 1.85 bits per heavy atom. The second kappa shape index (κ2) is 5.13. The summed E-state index contributed by atoms with van der Waals surface area (Å²) in [5.74, 6) is 0. The number of aryl methyl sites for hydroxylation is 1. The van der Waals surface area contributed by atoms with Crippen molar-refractivity contribution in [2.45, 2.75) is 6.92 Å². The molecule has 0 amide bonds. The van der Waals surface area contributed by atoms with Crippen molar-refractivity contribution in [2.24, 2.45) is 0 Å². The van der Waals surface area contributed by atoms with Gasteiger partial charge in [-0.2, -0.15) is 5.10 Å². The number of nitrogens with zero attached hydrogens (tertiary/aromatic N) is 2. The van der Waals surface area contributed by atoms with Crippen LogP contribution in [0.3, 0.4) is 0 Å². The van der Waals surface area contributed by atoms with E-state index in [-0.39, 0.29) is 0 Å². The van der Waals surface area contributed by atoms with Crippen molar-refractivity contribution in [3.63, 3.8) is 0 Å². The summed E-state index contributed by atoms with van der Waals surface area (Å²) in [4.78, 5) is 0. The molecule has 1 heterocycles. The zero-order valence-corrected chi connectivity index (χ0v) is 12.6. The molecular weight excluding hydrogens is 314 g/mol. The molecule has 0 spiro atoms. The van der Waals surface area contributed by atoms with Gasteiger partial charge in [-0.25, -0.2) is 4.68 Å². The van der Waals surface area contributed by atoms with E-state index < -0.39 is 0 Å². The molecule has 3 aromatic rings. The van der Waals surface area contributed by atoms with Crippen LogP contribution >= 0.6 is 15.9 Å². The lowest BCUT2D eigenvalue weighted by Crippen LogP contribution is -1.94. The Morgan fingerprint density at radius 1 is 1.10 bits per heavy atom. The molecule has 3 nitrogen and oxygen atoms in total. The van der Waals surface area contributed by atoms with Gasteiger partial charge in [0.2, 0.25) is 0 Å². The van der Waals surface area contributed by atoms with Gasteiger partial charge in [-0.3, -0.25) is 0 Å². The molecule has 3 rings (SSSR count). The van der Waals surface area contributed by atoms with Gasteiger partial charge in [-0.15, -0.1) is 0 Å². The van der Waals surface area contributed by atoms with E-state index in [1.165, 1.54) is 5.56 Å². The molecule has 0 fully saturated rings. The first-order valence-corrected chi connectivity index (χ1v) is 7.11. The summed E-state index contributed by atoms with van der Waals surface area (Å²) in [5, 5.41) is 4.59. The van der Waals surface area contributed by atoms with Gasteiger partial charge in [-0.05, 0) is 31.2 Å². The maximum Gasteiger partial charge on any atom is 0.116 e. The van der Waals surface area contributed by atoms with Crippen LogP contribution in [-0.2, 0) is 0 Å². The van der Waals surface area contributed by atoms with Crippen LogP contribution in [0.15, 0.2) is 59.2 Å². The minimum absolute atomic E-state index is 0.670. The smallest absolute Gasteiger partial charge is 0.116 e. The van der Waals surface area contributed by atoms with Crippen molar-refractivity contribution in [1.82, 2.24) is 9.78 Å². The molecule has 0 bridgehead atoms. The van der Waals surface area contributed by atoms with Gasteiger partial charge in [0.05, 0.1) is 17.6 Å². The Hall–Kier alpha value is -2.07. The summed E-state index contributed by atoms with van der Waals surface area (Å²) in [6.45, 7) is 2.06. The maximum atomic E-state index is 6.09. The fraction of sp³-hybridized carbons (Fsp3) is 0.0625. The molecule has 1 aromatic heterocycles. The molecule has 100 valence electrons. The summed E-state index contributed by atoms with van der Waals surface area (Å²) < 4.78 is 2.82. The molecule has 0 unspecified atom stereocenters. The molecule has 20 heavy (non-hydrogen) atoms. The quantitative estimate of drug-likeness (QED) is 0.766. The van der Waals surface area contributed by atoms with Crippen LogP contribution in [0.2, 0.25) is 0 Å². The average molecular weight is 328 g/mol. The molecule has 0 aliphatic heterocycles. The highest BCUT2D eigenvalue weighted by Gasteiger charge is 2.09. The van der Waals surface area contributed by atoms with E-state index in [9.17, 15) is 0 Å². The third kappa shape index (κ3) is 2.47. The van der Waals surface area contributed by atoms with Gasteiger partial charge >= 0.3 is 0 Å². The number of anilines is 1. The monoisotopic (exact) mass is 327 g/mol. The highest BCUT2D eigenvalue weighted by molar-refractivity contribution is 9.10. The Labute approximate surface area is 126 Å². The summed E-state index contributed by atoms with van der Waals surface area (Å²) >= 11 is 3.47. The maximum absolute atomic E-state index is 6.09. The highest BCUT2D eigenvalue weighted by atomic mass is 79.9. The molecule has 2 aromatic carbocycles. The Morgan fingerprint density at radius 3 is 2.55 bits per heavy atom. The first-order chi connectivity index (χ1) is 9.63. The SMILES string of the molecule is Cc1ccc(-n2cc(N)c(-c3cccc(Br)c3)n2)cc1. The summed E-state index contributed by atoms with van der Waals surface area (Å²) in [5.41, 5.74) is 10.8. The van der Waals surface area contributed by atoms with Crippen LogP contribution in [0, 0.1) is 6.92 Å². The van der Waals surface area contributed by atoms with Crippen molar-refractivity contribution in [3.05, 3.63) is 64.8 Å². The Balaban J connectivity index is 2.05. The third-order valence-corrected chi connectivity index (χ3v) is 3.63. The van der Waals surface area contributed by atoms with Crippen LogP contribution in [0.4, 0.5) is 5.69 Å². The molecule has 0 saturated heterocycles. The van der Waals surface area contributed by atoms with E-state index in [2.05, 4.69) is 40.1 Å². The topological polar surface area (TPSA) is 43.8 Å². The Kier molecular flexibility index (Phi) is 3.32. The van der Waals surface area contributed by atoms with Gasteiger partial charge in [-0.1, -0.05) is 45.8 Å². The van der Waals surface area contributed by atoms with E-state index in [0.717, 1.165) is 21.4 Å². The summed E-state index contributed by atoms with van der Waals surface area (Å²) in [7, 11) is 0. The van der Waals surface area contributed by atoms with E-state index in [0.29, 0.717) is 5.69 Å². The minimum Gasteiger partial charge on any atom is -0.396 e. The first-order valence-electron chi connectivity index (χ1n) is 6.31. The molecule has 0 aliphatic rings. The molecule has 0 atom stereocenters. The predicted molar refractivity (Wildman–Crippen MR) is 85.8 cm³/mol. The number of rotatable bonds is 2. The van der Waals surface area contributed by atoms with Crippen LogP contribution < -0.4 is 5.73 Å². The van der Waals surface area contributed by atoms with Crippen molar-refractivity contribution < 1.29 is 0 Å². The van der Waals surface area contributed by atoms with Crippen LogP contribution in [0.5, 0.6) is 0 Å². The van der Waals surface area contributed by atoms with Crippen molar-refractivity contribution in [3.8, 4) is 16.9 Å². The van der Waals surface area contributed by atoms with Crippen molar-refractivity contribution in [1.29, 1.82) is 0 Å². The predicted octanol–water partition coefficient (Wildman–Crippen LogP) is 4.19. The molecule has 0 aliphatic carbocycles. The van der Waals surface area contributed by atoms with Gasteiger partial charge in [0, 0.05) is 10.0 Å². The lowest BCUT2D eigenvalue weighted by Gasteiger charge is -2.01. The molecule has 0 radical (unpaired) electrons. The third-order valence-electron chi connectivity index (χ3n) is 3.14. The fourth-order valence-corrected chi connectivity index (χ4v) is 2.48. The van der Waals surface area contributed by atoms with Crippen molar-refractivity contribution >= 4 is 21.6 Å². The standard InChI is InChI=1S/C16H14BrN3/c1-11-5-7-14(8-6-11)20-10-15(18)16(19-20)12-3-2-4-13(17)9-12/h2-10H,18H2,1H3. The molecular formula is C16H14BrN3. The van der Waals surface area contributed by atoms with Crippen LogP contribution in [0.1, 0.15) is 5.56 Å². The van der Waals surface area contributed by atoms with Gasteiger partial charge in [0.15, 0.2) is 0 Å². The normalized spacial score (nSPS) is 10.7. The van der Waals surface area contributed by atoms with E-state index in [4.69, 9.17) is 5.73 Å². The number of hydrogen-bond donors (Lipinski definition) is 1. The van der Waals surface area contributed by atoms with Gasteiger partial charge < -0.3 is 5.73 Å². The zero-order valence-electron chi connectivity index (χ0n) is 11.0. The van der Waals surface area contributed by atoms with Crippen LogP contribution in [-0.4, -0.2) is 9.78 Å². The summed E-state index contributed by atoms with van der Waals surface area (Å²) in [6, 6.07) is 16.2. The van der Waals surface area contributed by atoms with E-state index in [1.54, 1.807) is 0 Å². The fourth-order valence-electron chi connectivity index (χ4n) is 2.08. The molecule has 4 heteroatoms. The first kappa shape index (κ1) is 12.9. The largest absolute Gasteiger partial charge is 0.396 e. The number of halogens is 1. The number of nitrogens with two attached hydrogens (primary N) is 1. The number of aromatic nitrogens is 2. The van der Waals surface area contributed by atoms with E-state index in [1.807, 2.05) is 47.3 Å². The number of benzene rings is 2. The van der Waals surface area contributed by atoms with Crippen LogP contribution in [0.25, 0.3) is 16.9 Å². The zero-order chi connectivity index (χ0) is 14.1. The molecule has 2 N–H and O–H groups in total. The van der Waals surface area contributed by atoms with Gasteiger partial charge in [0.1, 0.15) is 5.69 Å². The van der Waals surface area contributed by atoms with Crippen molar-refractivity contribution in [2.75, 3.05) is 5.73 Å². The number of nitrogen functional groups attached to an aromatic ring is 1. The lowest BCUT2D eigenvalue weighted by molar-refractivity contribution is 0.884. The highest BCUT2D eigenvalue weighted by Crippen LogP contribution is 2.27. The minimum atomic E-state index is 0.670. The molecule has 0 saturated carbocycles. The van der Waals surface area contributed by atoms with Gasteiger partial charge in [0.25, 0.3) is 0 Å². The second-order valence-corrected chi connectivity index (χ2v) is 5.64. The Bertz CT molecular complexity index is 745. The lowest BCUT2D eigenvalue weighted by atomic mass is 10.1.